The zero-order chi connectivity index (χ0) is 17.9. The van der Waals surface area contributed by atoms with Gasteiger partial charge in [-0.25, -0.2) is 0 Å². The van der Waals surface area contributed by atoms with E-state index in [0.717, 1.165) is 47.0 Å². The summed E-state index contributed by atoms with van der Waals surface area (Å²) in [7, 11) is 0. The number of benzene rings is 2. The number of fused-ring (bicyclic) bond motifs is 1. The van der Waals surface area contributed by atoms with Gasteiger partial charge in [0.05, 0.1) is 0 Å². The summed E-state index contributed by atoms with van der Waals surface area (Å²) in [6.45, 7) is 1.56. The molecule has 0 unspecified atom stereocenters. The molecule has 3 aromatic rings. The number of nitrogens with zero attached hydrogens (tertiary/aromatic N) is 2. The Morgan fingerprint density at radius 2 is 1.81 bits per heavy atom. The maximum atomic E-state index is 12.6. The first-order valence-corrected chi connectivity index (χ1v) is 9.63. The number of nitrogens with one attached hydrogen (secondary N) is 1. The highest BCUT2D eigenvalue weighted by atomic mass is 79.9. The third-order valence-electron chi connectivity index (χ3n) is 4.88. The number of amides is 1. The molecule has 1 aliphatic rings. The van der Waals surface area contributed by atoms with Crippen LogP contribution in [-0.4, -0.2) is 34.9 Å². The predicted octanol–water partition coefficient (Wildman–Crippen LogP) is 4.71. The minimum absolute atomic E-state index is 0.120. The number of rotatable bonds is 3. The first-order chi connectivity index (χ1) is 12.7. The van der Waals surface area contributed by atoms with Crippen LogP contribution < -0.4 is 5.32 Å². The molecule has 4 nitrogen and oxygen atoms in total. The van der Waals surface area contributed by atoms with Crippen molar-refractivity contribution in [3.8, 4) is 0 Å². The monoisotopic (exact) mass is 409 g/mol. The lowest BCUT2D eigenvalue weighted by atomic mass is 10.0. The Balaban J connectivity index is 1.37. The van der Waals surface area contributed by atoms with Gasteiger partial charge in [0.25, 0.3) is 5.91 Å². The van der Waals surface area contributed by atoms with Gasteiger partial charge in [0, 0.05) is 52.6 Å². The Morgan fingerprint density at radius 3 is 2.58 bits per heavy atom. The van der Waals surface area contributed by atoms with E-state index in [1.165, 1.54) is 5.39 Å². The molecule has 1 saturated heterocycles. The van der Waals surface area contributed by atoms with Crippen molar-refractivity contribution in [2.45, 2.75) is 18.9 Å². The molecule has 0 atom stereocenters. The summed E-state index contributed by atoms with van der Waals surface area (Å²) in [5, 5.41) is 5.95. The first-order valence-electron chi connectivity index (χ1n) is 8.84. The smallest absolute Gasteiger partial charge is 0.253 e. The molecule has 0 aliphatic carbocycles. The summed E-state index contributed by atoms with van der Waals surface area (Å²) < 4.78 is 0.989. The number of carbonyl (C=O) groups is 1. The van der Waals surface area contributed by atoms with Gasteiger partial charge in [-0.2, -0.15) is 0 Å². The van der Waals surface area contributed by atoms with E-state index in [2.05, 4.69) is 44.4 Å². The maximum Gasteiger partial charge on any atom is 0.253 e. The zero-order valence-electron chi connectivity index (χ0n) is 14.4. The molecule has 5 heteroatoms. The second-order valence-corrected chi connectivity index (χ2v) is 7.57. The van der Waals surface area contributed by atoms with E-state index in [1.807, 2.05) is 47.6 Å². The van der Waals surface area contributed by atoms with Gasteiger partial charge in [-0.15, -0.1) is 0 Å². The summed E-state index contributed by atoms with van der Waals surface area (Å²) in [5.41, 5.74) is 1.88. The minimum Gasteiger partial charge on any atom is -0.382 e. The van der Waals surface area contributed by atoms with Crippen molar-refractivity contribution in [3.63, 3.8) is 0 Å². The number of hydrogen-bond donors (Lipinski definition) is 1. The van der Waals surface area contributed by atoms with Crippen molar-refractivity contribution in [1.29, 1.82) is 0 Å². The van der Waals surface area contributed by atoms with Gasteiger partial charge in [0.1, 0.15) is 0 Å². The topological polar surface area (TPSA) is 45.2 Å². The van der Waals surface area contributed by atoms with Gasteiger partial charge in [-0.3, -0.25) is 9.78 Å². The van der Waals surface area contributed by atoms with Crippen LogP contribution in [0, 0.1) is 0 Å². The van der Waals surface area contributed by atoms with Gasteiger partial charge >= 0.3 is 0 Å². The van der Waals surface area contributed by atoms with Gasteiger partial charge < -0.3 is 10.2 Å². The fourth-order valence-corrected chi connectivity index (χ4v) is 3.68. The zero-order valence-corrected chi connectivity index (χ0v) is 15.9. The molecule has 0 spiro atoms. The van der Waals surface area contributed by atoms with Crippen LogP contribution in [-0.2, 0) is 0 Å². The molecule has 4 rings (SSSR count). The van der Waals surface area contributed by atoms with Gasteiger partial charge in [0.15, 0.2) is 0 Å². The predicted molar refractivity (Wildman–Crippen MR) is 108 cm³/mol. The summed E-state index contributed by atoms with van der Waals surface area (Å²) in [5.74, 6) is 0.120. The number of anilines is 1. The molecule has 2 aromatic carbocycles. The standard InChI is InChI=1S/C21H20BrN3O/c22-18-4-1-15(2-5-18)21(26)25-11-8-19(9-12-25)24-20-6-3-17-14-23-10-7-16(17)13-20/h1-7,10,13-14,19,24H,8-9,11-12H2. The van der Waals surface area contributed by atoms with Crippen LogP contribution in [0.25, 0.3) is 10.8 Å². The fraction of sp³-hybridized carbons (Fsp3) is 0.238. The molecule has 0 radical (unpaired) electrons. The highest BCUT2D eigenvalue weighted by Gasteiger charge is 2.23. The number of hydrogen-bond acceptors (Lipinski definition) is 3. The Kier molecular flexibility index (Phi) is 4.89. The highest BCUT2D eigenvalue weighted by Crippen LogP contribution is 2.22. The quantitative estimate of drug-likeness (QED) is 0.680. The summed E-state index contributed by atoms with van der Waals surface area (Å²) in [6.07, 6.45) is 5.61. The van der Waals surface area contributed by atoms with Crippen LogP contribution in [0.15, 0.2) is 65.4 Å². The lowest BCUT2D eigenvalue weighted by Gasteiger charge is -2.33. The molecule has 1 aromatic heterocycles. The molecular weight excluding hydrogens is 390 g/mol. The number of halogens is 1. The largest absolute Gasteiger partial charge is 0.382 e. The second-order valence-electron chi connectivity index (χ2n) is 6.66. The average molecular weight is 410 g/mol. The van der Waals surface area contributed by atoms with Crippen molar-refractivity contribution in [1.82, 2.24) is 9.88 Å². The Morgan fingerprint density at radius 1 is 1.04 bits per heavy atom. The van der Waals surface area contributed by atoms with Crippen molar-refractivity contribution in [2.75, 3.05) is 18.4 Å². The Hall–Kier alpha value is -2.40. The Labute approximate surface area is 161 Å². The number of aromatic nitrogens is 1. The molecule has 26 heavy (non-hydrogen) atoms. The third-order valence-corrected chi connectivity index (χ3v) is 5.41. The first kappa shape index (κ1) is 17.0. The maximum absolute atomic E-state index is 12.6. The fourth-order valence-electron chi connectivity index (χ4n) is 3.41. The van der Waals surface area contributed by atoms with E-state index < -0.39 is 0 Å². The van der Waals surface area contributed by atoms with E-state index in [9.17, 15) is 4.79 Å². The molecule has 1 fully saturated rings. The minimum atomic E-state index is 0.120. The molecule has 1 amide bonds. The van der Waals surface area contributed by atoms with Crippen LogP contribution in [0.2, 0.25) is 0 Å². The third kappa shape index (κ3) is 3.73. The molecule has 0 saturated carbocycles. The molecule has 132 valence electrons. The summed E-state index contributed by atoms with van der Waals surface area (Å²) in [6, 6.07) is 16.4. The van der Waals surface area contributed by atoms with Gasteiger partial charge in [0.2, 0.25) is 0 Å². The van der Waals surface area contributed by atoms with Crippen LogP contribution in [0.5, 0.6) is 0 Å². The van der Waals surface area contributed by atoms with E-state index in [4.69, 9.17) is 0 Å². The molecule has 1 N–H and O–H groups in total. The lowest BCUT2D eigenvalue weighted by molar-refractivity contribution is 0.0718. The van der Waals surface area contributed by atoms with Crippen LogP contribution in [0.3, 0.4) is 0 Å². The summed E-state index contributed by atoms with van der Waals surface area (Å²) in [4.78, 5) is 18.7. The van der Waals surface area contributed by atoms with Crippen LogP contribution in [0.4, 0.5) is 5.69 Å². The molecule has 2 heterocycles. The molecule has 1 aliphatic heterocycles. The summed E-state index contributed by atoms with van der Waals surface area (Å²) >= 11 is 3.41. The van der Waals surface area contributed by atoms with E-state index >= 15 is 0 Å². The lowest BCUT2D eigenvalue weighted by Crippen LogP contribution is -2.42. The average Bonchev–Trinajstić information content (AvgIpc) is 2.68. The normalized spacial score (nSPS) is 15.2. The van der Waals surface area contributed by atoms with Crippen molar-refractivity contribution >= 4 is 38.3 Å². The van der Waals surface area contributed by atoms with E-state index in [1.54, 1.807) is 0 Å². The molecule has 0 bridgehead atoms. The van der Waals surface area contributed by atoms with Gasteiger partial charge in [-0.05, 0) is 60.7 Å². The number of likely N-dealkylation sites (tertiary alicyclic amines) is 1. The van der Waals surface area contributed by atoms with Gasteiger partial charge in [-0.1, -0.05) is 22.0 Å². The number of carbonyl (C=O) groups excluding carboxylic acids is 1. The SMILES string of the molecule is O=C(c1ccc(Br)cc1)N1CCC(Nc2ccc3cnccc3c2)CC1. The second kappa shape index (κ2) is 7.46. The number of pyridine rings is 1. The van der Waals surface area contributed by atoms with Crippen LogP contribution in [0.1, 0.15) is 23.2 Å². The highest BCUT2D eigenvalue weighted by molar-refractivity contribution is 9.10. The van der Waals surface area contributed by atoms with E-state index in [0.29, 0.717) is 6.04 Å². The van der Waals surface area contributed by atoms with Crippen molar-refractivity contribution in [3.05, 3.63) is 71.0 Å². The van der Waals surface area contributed by atoms with Crippen molar-refractivity contribution in [2.24, 2.45) is 0 Å². The van der Waals surface area contributed by atoms with Crippen molar-refractivity contribution < 1.29 is 4.79 Å². The van der Waals surface area contributed by atoms with E-state index in [-0.39, 0.29) is 5.91 Å². The Bertz CT molecular complexity index is 918. The van der Waals surface area contributed by atoms with Crippen LogP contribution >= 0.6 is 15.9 Å². The molecular formula is C21H20BrN3O. The number of piperidine rings is 1.